The molecule has 0 bridgehead atoms. The van der Waals surface area contributed by atoms with Crippen LogP contribution in [0.25, 0.3) is 0 Å². The van der Waals surface area contributed by atoms with E-state index in [0.717, 1.165) is 0 Å². The van der Waals surface area contributed by atoms with Crippen molar-refractivity contribution in [2.24, 2.45) is 0 Å². The molecule has 0 saturated carbocycles. The van der Waals surface area contributed by atoms with Gasteiger partial charge in [-0.2, -0.15) is 0 Å². The molecule has 2 amide bonds. The fourth-order valence-corrected chi connectivity index (χ4v) is 2.93. The predicted molar refractivity (Wildman–Crippen MR) is 89.2 cm³/mol. The van der Waals surface area contributed by atoms with Crippen LogP contribution in [0.1, 0.15) is 33.6 Å². The lowest BCUT2D eigenvalue weighted by molar-refractivity contribution is 0.0697. The van der Waals surface area contributed by atoms with Crippen molar-refractivity contribution >= 4 is 11.8 Å². The number of likely N-dealkylation sites (tertiary alicyclic amines) is 1. The van der Waals surface area contributed by atoms with Crippen LogP contribution in [0, 0.1) is 11.6 Å². The quantitative estimate of drug-likeness (QED) is 0.931. The molecule has 0 radical (unpaired) electrons. The second kappa shape index (κ2) is 7.42. The van der Waals surface area contributed by atoms with Gasteiger partial charge in [0, 0.05) is 30.3 Å². The minimum Gasteiger partial charge on any atom is -0.349 e. The second-order valence-electron chi connectivity index (χ2n) is 6.06. The predicted octanol–water partition coefficient (Wildman–Crippen LogP) is 3.00. The van der Waals surface area contributed by atoms with Gasteiger partial charge in [0.2, 0.25) is 0 Å². The van der Waals surface area contributed by atoms with E-state index >= 15 is 0 Å². The number of carbonyl (C=O) groups excluding carboxylic acids is 2. The molecular formula is C19H18F2N2O2. The summed E-state index contributed by atoms with van der Waals surface area (Å²) in [5, 5.41) is 2.87. The maximum Gasteiger partial charge on any atom is 0.253 e. The van der Waals surface area contributed by atoms with Gasteiger partial charge in [-0.25, -0.2) is 8.78 Å². The Morgan fingerprint density at radius 1 is 0.920 bits per heavy atom. The summed E-state index contributed by atoms with van der Waals surface area (Å²) < 4.78 is 26.4. The molecule has 0 aliphatic carbocycles. The number of amides is 2. The highest BCUT2D eigenvalue weighted by Gasteiger charge is 2.25. The van der Waals surface area contributed by atoms with Crippen molar-refractivity contribution in [1.29, 1.82) is 0 Å². The van der Waals surface area contributed by atoms with Gasteiger partial charge >= 0.3 is 0 Å². The first kappa shape index (κ1) is 17.1. The van der Waals surface area contributed by atoms with Gasteiger partial charge in [-0.15, -0.1) is 0 Å². The summed E-state index contributed by atoms with van der Waals surface area (Å²) in [6.07, 6.45) is 1.20. The zero-order valence-corrected chi connectivity index (χ0v) is 13.5. The average Bonchev–Trinajstić information content (AvgIpc) is 2.62. The molecular weight excluding hydrogens is 326 g/mol. The van der Waals surface area contributed by atoms with Gasteiger partial charge in [-0.05, 0) is 49.2 Å². The second-order valence-corrected chi connectivity index (χ2v) is 6.06. The highest BCUT2D eigenvalue weighted by atomic mass is 19.1. The number of benzene rings is 2. The first-order valence-corrected chi connectivity index (χ1v) is 8.14. The molecule has 1 N–H and O–H groups in total. The number of rotatable bonds is 3. The van der Waals surface area contributed by atoms with E-state index in [0.29, 0.717) is 31.5 Å². The number of nitrogens with one attached hydrogen (secondary N) is 1. The topological polar surface area (TPSA) is 49.4 Å². The van der Waals surface area contributed by atoms with Crippen LogP contribution in [0.4, 0.5) is 8.78 Å². The number of hydrogen-bond acceptors (Lipinski definition) is 2. The molecule has 0 atom stereocenters. The zero-order valence-electron chi connectivity index (χ0n) is 13.5. The van der Waals surface area contributed by atoms with Gasteiger partial charge in [-0.1, -0.05) is 12.1 Å². The summed E-state index contributed by atoms with van der Waals surface area (Å²) >= 11 is 0. The standard InChI is InChI=1S/C19H18F2N2O2/c20-15-5-1-3-13(11-15)18(24)22-17-7-9-23(10-8-17)19(25)14-4-2-6-16(21)12-14/h1-6,11-12,17H,7-10H2,(H,22,24). The maximum atomic E-state index is 13.2. The Hall–Kier alpha value is -2.76. The number of hydrogen-bond donors (Lipinski definition) is 1. The number of nitrogens with zero attached hydrogens (tertiary/aromatic N) is 1. The number of piperidine rings is 1. The van der Waals surface area contributed by atoms with Crippen molar-refractivity contribution in [2.45, 2.75) is 18.9 Å². The number of carbonyl (C=O) groups is 2. The fraction of sp³-hybridized carbons (Fsp3) is 0.263. The van der Waals surface area contributed by atoms with Gasteiger partial charge in [0.15, 0.2) is 0 Å². The van der Waals surface area contributed by atoms with E-state index in [1.165, 1.54) is 36.4 Å². The molecule has 25 heavy (non-hydrogen) atoms. The first-order valence-electron chi connectivity index (χ1n) is 8.14. The Balaban J connectivity index is 1.55. The fourth-order valence-electron chi connectivity index (χ4n) is 2.93. The van der Waals surface area contributed by atoms with Crippen LogP contribution in [0.2, 0.25) is 0 Å². The van der Waals surface area contributed by atoms with Crippen LogP contribution in [0.3, 0.4) is 0 Å². The SMILES string of the molecule is O=C(NC1CCN(C(=O)c2cccc(F)c2)CC1)c1cccc(F)c1. The lowest BCUT2D eigenvalue weighted by Crippen LogP contribution is -2.46. The highest BCUT2D eigenvalue weighted by molar-refractivity contribution is 5.95. The van der Waals surface area contributed by atoms with Crippen molar-refractivity contribution in [2.75, 3.05) is 13.1 Å². The molecule has 1 aliphatic rings. The van der Waals surface area contributed by atoms with Crippen molar-refractivity contribution < 1.29 is 18.4 Å². The zero-order chi connectivity index (χ0) is 17.8. The van der Waals surface area contributed by atoms with Crippen LogP contribution in [-0.4, -0.2) is 35.8 Å². The molecule has 1 aliphatic heterocycles. The van der Waals surface area contributed by atoms with Gasteiger partial charge in [0.05, 0.1) is 0 Å². The Morgan fingerprint density at radius 2 is 1.48 bits per heavy atom. The molecule has 1 saturated heterocycles. The molecule has 0 unspecified atom stereocenters. The van der Waals surface area contributed by atoms with Crippen LogP contribution in [-0.2, 0) is 0 Å². The van der Waals surface area contributed by atoms with Crippen LogP contribution < -0.4 is 5.32 Å². The molecule has 2 aromatic carbocycles. The third kappa shape index (κ3) is 4.21. The molecule has 0 aromatic heterocycles. The minimum absolute atomic E-state index is 0.0765. The van der Waals surface area contributed by atoms with Crippen molar-refractivity contribution in [3.05, 3.63) is 71.3 Å². The average molecular weight is 344 g/mol. The third-order valence-corrected chi connectivity index (χ3v) is 4.28. The summed E-state index contributed by atoms with van der Waals surface area (Å²) in [4.78, 5) is 26.2. The largest absolute Gasteiger partial charge is 0.349 e. The van der Waals surface area contributed by atoms with Crippen LogP contribution >= 0.6 is 0 Å². The van der Waals surface area contributed by atoms with Gasteiger partial charge < -0.3 is 10.2 Å². The normalized spacial score (nSPS) is 15.0. The van der Waals surface area contributed by atoms with Crippen LogP contribution in [0.15, 0.2) is 48.5 Å². The Labute approximate surface area is 144 Å². The summed E-state index contributed by atoms with van der Waals surface area (Å²) in [6.45, 7) is 0.951. The Morgan fingerprint density at radius 3 is 2.08 bits per heavy atom. The number of halogens is 2. The minimum atomic E-state index is -0.455. The Bertz CT molecular complexity index is 786. The van der Waals surface area contributed by atoms with E-state index in [9.17, 15) is 18.4 Å². The lowest BCUT2D eigenvalue weighted by Gasteiger charge is -2.32. The van der Waals surface area contributed by atoms with E-state index < -0.39 is 11.6 Å². The van der Waals surface area contributed by atoms with E-state index in [1.807, 2.05) is 0 Å². The summed E-state index contributed by atoms with van der Waals surface area (Å²) in [5.74, 6) is -1.44. The molecule has 1 heterocycles. The van der Waals surface area contributed by atoms with E-state index in [-0.39, 0.29) is 23.4 Å². The molecule has 2 aromatic rings. The molecule has 3 rings (SSSR count). The van der Waals surface area contributed by atoms with Gasteiger partial charge in [0.1, 0.15) is 11.6 Å². The van der Waals surface area contributed by atoms with E-state index in [2.05, 4.69) is 5.32 Å². The lowest BCUT2D eigenvalue weighted by atomic mass is 10.0. The highest BCUT2D eigenvalue weighted by Crippen LogP contribution is 2.15. The van der Waals surface area contributed by atoms with Gasteiger partial charge in [-0.3, -0.25) is 9.59 Å². The van der Waals surface area contributed by atoms with Crippen molar-refractivity contribution in [3.8, 4) is 0 Å². The molecule has 6 heteroatoms. The third-order valence-electron chi connectivity index (χ3n) is 4.28. The van der Waals surface area contributed by atoms with E-state index in [1.54, 1.807) is 17.0 Å². The summed E-state index contributed by atoms with van der Waals surface area (Å²) in [5.41, 5.74) is 0.598. The monoisotopic (exact) mass is 344 g/mol. The molecule has 4 nitrogen and oxygen atoms in total. The smallest absolute Gasteiger partial charge is 0.253 e. The van der Waals surface area contributed by atoms with E-state index in [4.69, 9.17) is 0 Å². The van der Waals surface area contributed by atoms with Crippen molar-refractivity contribution in [3.63, 3.8) is 0 Å². The molecule has 130 valence electrons. The maximum absolute atomic E-state index is 13.2. The van der Waals surface area contributed by atoms with Crippen LogP contribution in [0.5, 0.6) is 0 Å². The molecule has 0 spiro atoms. The summed E-state index contributed by atoms with van der Waals surface area (Å²) in [6, 6.07) is 11.1. The van der Waals surface area contributed by atoms with Crippen molar-refractivity contribution in [1.82, 2.24) is 10.2 Å². The van der Waals surface area contributed by atoms with Gasteiger partial charge in [0.25, 0.3) is 11.8 Å². The summed E-state index contributed by atoms with van der Waals surface area (Å²) in [7, 11) is 0. The Kier molecular flexibility index (Phi) is 5.07. The first-order chi connectivity index (χ1) is 12.0. The molecule has 1 fully saturated rings.